The van der Waals surface area contributed by atoms with Gasteiger partial charge in [0, 0.05) is 63.5 Å². The number of nitrogens with two attached hydrogens (primary N) is 1. The zero-order valence-corrected chi connectivity index (χ0v) is 34.6. The number of imide groups is 1. The topological polar surface area (TPSA) is 199 Å². The number of hydrogen-bond donors (Lipinski definition) is 4. The van der Waals surface area contributed by atoms with Crippen molar-refractivity contribution in [1.82, 2.24) is 40.1 Å². The molecule has 7 heterocycles. The number of aromatic amines is 1. The lowest BCUT2D eigenvalue weighted by Gasteiger charge is -2.37. The number of urea groups is 1. The van der Waals surface area contributed by atoms with Crippen LogP contribution in [0, 0.1) is 5.92 Å². The number of fused-ring (bicyclic) bond motifs is 3. The second kappa shape index (κ2) is 16.1. The number of likely N-dealkylation sites (tertiary alicyclic amines) is 1. The van der Waals surface area contributed by atoms with Crippen molar-refractivity contribution in [3.05, 3.63) is 71.3 Å². The molecule has 2 unspecified atom stereocenters. The van der Waals surface area contributed by atoms with Crippen molar-refractivity contribution >= 4 is 62.9 Å². The highest BCUT2D eigenvalue weighted by molar-refractivity contribution is 6.10. The minimum atomic E-state index is -0.645. The van der Waals surface area contributed by atoms with Gasteiger partial charge in [0.2, 0.25) is 11.8 Å². The van der Waals surface area contributed by atoms with E-state index in [1.165, 1.54) is 17.5 Å². The SMILES string of the molecule is CN1CCN([C@@H]2CCCN(c3cnc(C(N)=O)c(Nc4ccc(C5CCN(C[C@H]6CCC(c7cc8o[nH]c(C9CCC(=O)NC9=O)c8c8ccnc78)C6)CC5)cc4)n3)C2)C1=O. The molecule has 318 valence electrons. The molecule has 1 saturated carbocycles. The molecule has 5 aliphatic rings. The van der Waals surface area contributed by atoms with Gasteiger partial charge in [0.15, 0.2) is 17.1 Å². The number of hydrogen-bond acceptors (Lipinski definition) is 11. The molecule has 10 rings (SSSR count). The summed E-state index contributed by atoms with van der Waals surface area (Å²) in [6, 6.07) is 12.7. The van der Waals surface area contributed by atoms with Crippen LogP contribution in [0.4, 0.5) is 22.1 Å². The van der Waals surface area contributed by atoms with Crippen molar-refractivity contribution in [2.24, 2.45) is 11.7 Å². The molecule has 1 aliphatic carbocycles. The molecule has 4 atom stereocenters. The van der Waals surface area contributed by atoms with Crippen LogP contribution in [-0.4, -0.2) is 117 Å². The number of amides is 5. The molecule has 3 aromatic heterocycles. The third kappa shape index (κ3) is 7.55. The number of nitrogens with zero attached hydrogens (tertiary/aromatic N) is 7. The Balaban J connectivity index is 0.746. The Hall–Kier alpha value is -6.03. The molecule has 0 bridgehead atoms. The number of piperidine rings is 3. The van der Waals surface area contributed by atoms with E-state index in [4.69, 9.17) is 20.2 Å². The third-order valence-electron chi connectivity index (χ3n) is 14.0. The molecule has 5 fully saturated rings. The predicted molar refractivity (Wildman–Crippen MR) is 230 cm³/mol. The fraction of sp³-hybridized carbons (Fsp3) is 0.489. The molecule has 0 radical (unpaired) electrons. The molecule has 5 aromatic rings. The summed E-state index contributed by atoms with van der Waals surface area (Å²) in [4.78, 5) is 72.2. The number of benzene rings is 2. The molecule has 16 heteroatoms. The number of H-pyrrole nitrogens is 1. The van der Waals surface area contributed by atoms with Crippen LogP contribution in [0.5, 0.6) is 0 Å². The van der Waals surface area contributed by atoms with E-state index in [2.05, 4.69) is 48.8 Å². The van der Waals surface area contributed by atoms with Crippen LogP contribution >= 0.6 is 0 Å². The Labute approximate surface area is 353 Å². The van der Waals surface area contributed by atoms with E-state index >= 15 is 0 Å². The van der Waals surface area contributed by atoms with E-state index in [0.29, 0.717) is 54.5 Å². The van der Waals surface area contributed by atoms with Crippen LogP contribution in [-0.2, 0) is 9.59 Å². The summed E-state index contributed by atoms with van der Waals surface area (Å²) in [5.41, 5.74) is 11.6. The van der Waals surface area contributed by atoms with Gasteiger partial charge in [-0.2, -0.15) is 0 Å². The van der Waals surface area contributed by atoms with Crippen LogP contribution < -0.4 is 21.3 Å². The highest BCUT2D eigenvalue weighted by Gasteiger charge is 2.36. The Kier molecular flexibility index (Phi) is 10.3. The van der Waals surface area contributed by atoms with Crippen molar-refractivity contribution in [3.63, 3.8) is 0 Å². The molecular weight excluding hydrogens is 775 g/mol. The predicted octanol–water partition coefficient (Wildman–Crippen LogP) is 5.56. The molecule has 0 spiro atoms. The lowest BCUT2D eigenvalue weighted by molar-refractivity contribution is -0.134. The quantitative estimate of drug-likeness (QED) is 0.129. The maximum absolute atomic E-state index is 12.7. The lowest BCUT2D eigenvalue weighted by Crippen LogP contribution is -2.49. The molecule has 5 amide bonds. The summed E-state index contributed by atoms with van der Waals surface area (Å²) in [5.74, 6) is 0.822. The first kappa shape index (κ1) is 39.1. The molecular formula is C45H53N11O5. The van der Waals surface area contributed by atoms with E-state index in [-0.39, 0.29) is 29.6 Å². The Morgan fingerprint density at radius 3 is 2.56 bits per heavy atom. The standard InChI is InChI=1S/C45H53N11O5/c1-53-19-20-56(45(53)60)31-3-2-16-55(25-31)36-23-48-41(42(46)58)43(50-36)49-30-8-6-27(7-9-30)28-13-17-54(18-14-28)24-26-4-5-29(21-26)34-22-35-38(32-12-15-47-39(32)34)40(52-61-35)33-10-11-37(57)51-44(33)59/h6-9,12,15,22-23,26,28-29,31,33,52H,2-5,10-11,13-14,16-21,24-25H2,1H3,(H2,46,58)(H,49,50)(H,51,57,59)/t26-,29?,31+,33?/m0/s1. The second-order valence-electron chi connectivity index (χ2n) is 17.8. The highest BCUT2D eigenvalue weighted by Crippen LogP contribution is 2.45. The van der Waals surface area contributed by atoms with Crippen molar-refractivity contribution in [2.45, 2.75) is 81.6 Å². The van der Waals surface area contributed by atoms with Gasteiger partial charge in [-0.1, -0.05) is 12.1 Å². The Bertz CT molecular complexity index is 2490. The fourth-order valence-corrected chi connectivity index (χ4v) is 10.8. The lowest BCUT2D eigenvalue weighted by atomic mass is 9.88. The van der Waals surface area contributed by atoms with Gasteiger partial charge in [0.05, 0.1) is 34.8 Å². The summed E-state index contributed by atoms with van der Waals surface area (Å²) in [6.45, 7) is 6.13. The van der Waals surface area contributed by atoms with Crippen molar-refractivity contribution in [3.8, 4) is 0 Å². The monoisotopic (exact) mass is 827 g/mol. The van der Waals surface area contributed by atoms with Crippen LogP contribution in [0.25, 0.3) is 21.9 Å². The largest absolute Gasteiger partial charge is 0.382 e. The molecule has 5 N–H and O–H groups in total. The molecule has 4 aliphatic heterocycles. The van der Waals surface area contributed by atoms with E-state index in [1.54, 1.807) is 11.1 Å². The second-order valence-corrected chi connectivity index (χ2v) is 17.8. The smallest absolute Gasteiger partial charge is 0.320 e. The van der Waals surface area contributed by atoms with Gasteiger partial charge in [-0.15, -0.1) is 0 Å². The zero-order valence-electron chi connectivity index (χ0n) is 34.6. The molecule has 61 heavy (non-hydrogen) atoms. The number of aromatic nitrogens is 4. The van der Waals surface area contributed by atoms with Crippen LogP contribution in [0.3, 0.4) is 0 Å². The molecule has 16 nitrogen and oxygen atoms in total. The number of carbonyl (C=O) groups excluding carboxylic acids is 4. The van der Waals surface area contributed by atoms with Gasteiger partial charge in [0.25, 0.3) is 5.91 Å². The number of rotatable bonds is 10. The fourth-order valence-electron chi connectivity index (χ4n) is 10.8. The first-order chi connectivity index (χ1) is 29.7. The van der Waals surface area contributed by atoms with Gasteiger partial charge < -0.3 is 35.2 Å². The van der Waals surface area contributed by atoms with E-state index in [9.17, 15) is 19.2 Å². The maximum atomic E-state index is 12.7. The zero-order chi connectivity index (χ0) is 41.8. The van der Waals surface area contributed by atoms with Crippen LogP contribution in [0.2, 0.25) is 0 Å². The molecule has 4 saturated heterocycles. The van der Waals surface area contributed by atoms with Gasteiger partial charge in [-0.3, -0.25) is 24.7 Å². The third-order valence-corrected chi connectivity index (χ3v) is 14.0. The number of nitrogens with one attached hydrogen (secondary N) is 3. The van der Waals surface area contributed by atoms with Crippen LogP contribution in [0.1, 0.15) is 103 Å². The first-order valence-electron chi connectivity index (χ1n) is 21.9. The van der Waals surface area contributed by atoms with E-state index < -0.39 is 11.8 Å². The number of carbonyl (C=O) groups is 4. The Morgan fingerprint density at radius 2 is 1.79 bits per heavy atom. The summed E-state index contributed by atoms with van der Waals surface area (Å²) < 4.78 is 5.98. The summed E-state index contributed by atoms with van der Waals surface area (Å²) >= 11 is 0. The highest BCUT2D eigenvalue weighted by atomic mass is 16.5. The van der Waals surface area contributed by atoms with Gasteiger partial charge in [-0.05, 0) is 118 Å². The minimum Gasteiger partial charge on any atom is -0.382 e. The van der Waals surface area contributed by atoms with E-state index in [1.807, 2.05) is 36.3 Å². The normalized spacial score (nSPS) is 24.3. The van der Waals surface area contributed by atoms with Gasteiger partial charge in [-0.25, -0.2) is 19.9 Å². The average molecular weight is 828 g/mol. The van der Waals surface area contributed by atoms with Crippen molar-refractivity contribution in [1.29, 1.82) is 0 Å². The summed E-state index contributed by atoms with van der Waals surface area (Å²) in [5, 5.41) is 10.7. The number of primary amides is 1. The van der Waals surface area contributed by atoms with Crippen molar-refractivity contribution < 1.29 is 23.7 Å². The number of likely N-dealkylation sites (N-methyl/N-ethyl adjacent to an activating group) is 1. The molecule has 2 aromatic carbocycles. The maximum Gasteiger partial charge on any atom is 0.320 e. The minimum absolute atomic E-state index is 0.0704. The summed E-state index contributed by atoms with van der Waals surface area (Å²) in [6.07, 6.45) is 11.7. The first-order valence-corrected chi connectivity index (χ1v) is 21.9. The van der Waals surface area contributed by atoms with E-state index in [0.717, 1.165) is 105 Å². The number of anilines is 3. The Morgan fingerprint density at radius 1 is 0.951 bits per heavy atom. The van der Waals surface area contributed by atoms with Gasteiger partial charge in [0.1, 0.15) is 5.82 Å². The van der Waals surface area contributed by atoms with Crippen LogP contribution in [0.15, 0.2) is 53.3 Å². The summed E-state index contributed by atoms with van der Waals surface area (Å²) in [7, 11) is 1.84. The van der Waals surface area contributed by atoms with Gasteiger partial charge >= 0.3 is 6.03 Å². The average Bonchev–Trinajstić information content (AvgIpc) is 4.09. The van der Waals surface area contributed by atoms with Crippen molar-refractivity contribution in [2.75, 3.05) is 63.1 Å².